The first kappa shape index (κ1) is 15.9. The first-order valence-corrected chi connectivity index (χ1v) is 7.84. The van der Waals surface area contributed by atoms with Gasteiger partial charge in [0.15, 0.2) is 0 Å². The van der Waals surface area contributed by atoms with Gasteiger partial charge in [0.25, 0.3) is 5.91 Å². The Morgan fingerprint density at radius 3 is 2.29 bits per heavy atom. The van der Waals surface area contributed by atoms with Crippen molar-refractivity contribution in [1.82, 2.24) is 25.1 Å². The summed E-state index contributed by atoms with van der Waals surface area (Å²) in [5, 5.41) is 11.0. The second kappa shape index (κ2) is 7.04. The van der Waals surface area contributed by atoms with E-state index in [2.05, 4.69) is 46.7 Å². The molecule has 3 rings (SSSR count). The molecule has 0 atom stereocenters. The van der Waals surface area contributed by atoms with Crippen LogP contribution in [0.25, 0.3) is 5.69 Å². The van der Waals surface area contributed by atoms with Crippen LogP contribution in [0.1, 0.15) is 28.4 Å². The molecule has 6 heteroatoms. The van der Waals surface area contributed by atoms with Crippen molar-refractivity contribution in [3.05, 3.63) is 71.5 Å². The van der Waals surface area contributed by atoms with E-state index in [-0.39, 0.29) is 5.91 Å². The number of amides is 1. The fraction of sp³-hybridized carbons (Fsp3) is 0.222. The van der Waals surface area contributed by atoms with Crippen LogP contribution in [0.5, 0.6) is 0 Å². The SMILES string of the molecule is CCc1ccc(CN(C)C(=O)c2ccc(-n3cnnn3)cc2)cc1. The van der Waals surface area contributed by atoms with Crippen LogP contribution in [0.4, 0.5) is 0 Å². The van der Waals surface area contributed by atoms with Gasteiger partial charge >= 0.3 is 0 Å². The Kier molecular flexibility index (Phi) is 4.65. The summed E-state index contributed by atoms with van der Waals surface area (Å²) in [6, 6.07) is 15.6. The molecule has 122 valence electrons. The molecule has 1 heterocycles. The molecule has 0 saturated heterocycles. The number of hydrogen-bond donors (Lipinski definition) is 0. The van der Waals surface area contributed by atoms with Crippen molar-refractivity contribution in [2.75, 3.05) is 7.05 Å². The molecule has 2 aromatic carbocycles. The number of carbonyl (C=O) groups is 1. The summed E-state index contributed by atoms with van der Waals surface area (Å²) in [5.41, 5.74) is 3.87. The van der Waals surface area contributed by atoms with Crippen LogP contribution in [-0.2, 0) is 13.0 Å². The summed E-state index contributed by atoms with van der Waals surface area (Å²) >= 11 is 0. The quantitative estimate of drug-likeness (QED) is 0.724. The summed E-state index contributed by atoms with van der Waals surface area (Å²) in [7, 11) is 1.81. The molecule has 0 aliphatic carbocycles. The van der Waals surface area contributed by atoms with Crippen LogP contribution < -0.4 is 0 Å². The summed E-state index contributed by atoms with van der Waals surface area (Å²) in [6.07, 6.45) is 2.53. The molecule has 0 bridgehead atoms. The maximum atomic E-state index is 12.5. The van der Waals surface area contributed by atoms with Crippen LogP contribution in [0.3, 0.4) is 0 Å². The van der Waals surface area contributed by atoms with Gasteiger partial charge < -0.3 is 4.90 Å². The average molecular weight is 321 g/mol. The Balaban J connectivity index is 1.68. The van der Waals surface area contributed by atoms with Gasteiger partial charge in [0.05, 0.1) is 5.69 Å². The van der Waals surface area contributed by atoms with Crippen molar-refractivity contribution < 1.29 is 4.79 Å². The minimum absolute atomic E-state index is 0.0159. The summed E-state index contributed by atoms with van der Waals surface area (Å²) < 4.78 is 1.55. The lowest BCUT2D eigenvalue weighted by molar-refractivity contribution is 0.0785. The lowest BCUT2D eigenvalue weighted by atomic mass is 10.1. The molecule has 0 aliphatic heterocycles. The first-order chi connectivity index (χ1) is 11.7. The molecule has 24 heavy (non-hydrogen) atoms. The van der Waals surface area contributed by atoms with Crippen molar-refractivity contribution in [2.45, 2.75) is 19.9 Å². The Morgan fingerprint density at radius 2 is 1.71 bits per heavy atom. The van der Waals surface area contributed by atoms with Gasteiger partial charge in [-0.15, -0.1) is 5.10 Å². The third-order valence-electron chi connectivity index (χ3n) is 3.93. The number of nitrogens with zero attached hydrogens (tertiary/aromatic N) is 5. The van der Waals surface area contributed by atoms with E-state index >= 15 is 0 Å². The monoisotopic (exact) mass is 321 g/mol. The van der Waals surface area contributed by atoms with Gasteiger partial charge in [0, 0.05) is 19.2 Å². The van der Waals surface area contributed by atoms with E-state index in [4.69, 9.17) is 0 Å². The second-order valence-corrected chi connectivity index (χ2v) is 5.63. The molecule has 1 amide bonds. The van der Waals surface area contributed by atoms with Crippen LogP contribution in [0, 0.1) is 0 Å². The van der Waals surface area contributed by atoms with E-state index in [9.17, 15) is 4.79 Å². The summed E-state index contributed by atoms with van der Waals surface area (Å²) in [4.78, 5) is 14.3. The van der Waals surface area contributed by atoms with Crippen molar-refractivity contribution >= 4 is 5.91 Å². The second-order valence-electron chi connectivity index (χ2n) is 5.63. The number of carbonyl (C=O) groups excluding carboxylic acids is 1. The van der Waals surface area contributed by atoms with E-state index in [0.717, 1.165) is 17.7 Å². The van der Waals surface area contributed by atoms with Gasteiger partial charge in [-0.1, -0.05) is 31.2 Å². The molecule has 1 aromatic heterocycles. The molecule has 0 aliphatic rings. The minimum Gasteiger partial charge on any atom is -0.337 e. The van der Waals surface area contributed by atoms with Crippen LogP contribution >= 0.6 is 0 Å². The fourth-order valence-electron chi connectivity index (χ4n) is 2.48. The van der Waals surface area contributed by atoms with Crippen LogP contribution in [0.15, 0.2) is 54.9 Å². The van der Waals surface area contributed by atoms with Gasteiger partial charge in [-0.25, -0.2) is 4.68 Å². The molecule has 0 unspecified atom stereocenters. The lowest BCUT2D eigenvalue weighted by Gasteiger charge is -2.17. The Labute approximate surface area is 140 Å². The van der Waals surface area contributed by atoms with Gasteiger partial charge in [0.2, 0.25) is 0 Å². The lowest BCUT2D eigenvalue weighted by Crippen LogP contribution is -2.26. The number of aromatic nitrogens is 4. The van der Waals surface area contributed by atoms with E-state index in [1.807, 2.05) is 19.2 Å². The number of aryl methyl sites for hydroxylation is 1. The average Bonchev–Trinajstić information content (AvgIpc) is 3.16. The third-order valence-corrected chi connectivity index (χ3v) is 3.93. The minimum atomic E-state index is -0.0159. The topological polar surface area (TPSA) is 63.9 Å². The summed E-state index contributed by atoms with van der Waals surface area (Å²) in [6.45, 7) is 2.71. The third kappa shape index (κ3) is 3.48. The Morgan fingerprint density at radius 1 is 1.04 bits per heavy atom. The number of hydrogen-bond acceptors (Lipinski definition) is 4. The zero-order valence-electron chi connectivity index (χ0n) is 13.8. The molecule has 0 radical (unpaired) electrons. The molecule has 3 aromatic rings. The van der Waals surface area contributed by atoms with Gasteiger partial charge in [-0.3, -0.25) is 4.79 Å². The van der Waals surface area contributed by atoms with E-state index in [0.29, 0.717) is 12.1 Å². The molecule has 0 fully saturated rings. The predicted molar refractivity (Wildman–Crippen MR) is 90.8 cm³/mol. The van der Waals surface area contributed by atoms with E-state index in [1.54, 1.807) is 21.7 Å². The van der Waals surface area contributed by atoms with E-state index < -0.39 is 0 Å². The number of benzene rings is 2. The van der Waals surface area contributed by atoms with Gasteiger partial charge in [-0.05, 0) is 52.2 Å². The van der Waals surface area contributed by atoms with Gasteiger partial charge in [-0.2, -0.15) is 0 Å². The van der Waals surface area contributed by atoms with Gasteiger partial charge in [0.1, 0.15) is 6.33 Å². The highest BCUT2D eigenvalue weighted by Crippen LogP contribution is 2.12. The normalized spacial score (nSPS) is 10.6. The predicted octanol–water partition coefficient (Wildman–Crippen LogP) is 2.50. The zero-order valence-corrected chi connectivity index (χ0v) is 13.8. The zero-order chi connectivity index (χ0) is 16.9. The Bertz CT molecular complexity index is 794. The molecular formula is C18H19N5O. The fourth-order valence-corrected chi connectivity index (χ4v) is 2.48. The highest BCUT2D eigenvalue weighted by molar-refractivity contribution is 5.94. The number of rotatable bonds is 5. The summed E-state index contributed by atoms with van der Waals surface area (Å²) in [5.74, 6) is -0.0159. The van der Waals surface area contributed by atoms with E-state index in [1.165, 1.54) is 11.9 Å². The standard InChI is InChI=1S/C18H19N5O/c1-3-14-4-6-15(7-5-14)12-22(2)18(24)16-8-10-17(11-9-16)23-13-19-20-21-23/h4-11,13H,3,12H2,1-2H3. The van der Waals surface area contributed by atoms with Crippen LogP contribution in [0.2, 0.25) is 0 Å². The maximum Gasteiger partial charge on any atom is 0.253 e. The van der Waals surface area contributed by atoms with Crippen molar-refractivity contribution in [3.8, 4) is 5.69 Å². The first-order valence-electron chi connectivity index (χ1n) is 7.84. The maximum absolute atomic E-state index is 12.5. The van der Waals surface area contributed by atoms with Crippen molar-refractivity contribution in [3.63, 3.8) is 0 Å². The number of tetrazole rings is 1. The van der Waals surface area contributed by atoms with Crippen LogP contribution in [-0.4, -0.2) is 38.1 Å². The molecule has 6 nitrogen and oxygen atoms in total. The smallest absolute Gasteiger partial charge is 0.253 e. The highest BCUT2D eigenvalue weighted by atomic mass is 16.2. The van der Waals surface area contributed by atoms with Crippen molar-refractivity contribution in [1.29, 1.82) is 0 Å². The Hall–Kier alpha value is -3.02. The largest absolute Gasteiger partial charge is 0.337 e. The molecule has 0 spiro atoms. The molecular weight excluding hydrogens is 302 g/mol. The molecule has 0 saturated carbocycles. The van der Waals surface area contributed by atoms with Crippen molar-refractivity contribution in [2.24, 2.45) is 0 Å². The molecule has 0 N–H and O–H groups in total. The highest BCUT2D eigenvalue weighted by Gasteiger charge is 2.12.